The molecular weight excluding hydrogens is 1580 g/mol. The van der Waals surface area contributed by atoms with Gasteiger partial charge >= 0.3 is 0 Å². The monoisotopic (exact) mass is 1670 g/mol. The first-order valence-corrected chi connectivity index (χ1v) is 41.2. The molecule has 5 aromatic carbocycles. The van der Waals surface area contributed by atoms with Crippen LogP contribution in [0.1, 0.15) is 96.7 Å². The predicted octanol–water partition coefficient (Wildman–Crippen LogP) is 12.0. The zero-order valence-corrected chi connectivity index (χ0v) is 69.6. The summed E-state index contributed by atoms with van der Waals surface area (Å²) in [6, 6.07) is 46.3. The number of pyridine rings is 1. The average molecular weight is 1670 g/mol. The molecule has 0 atom stereocenters. The first-order chi connectivity index (χ1) is 58.4. The molecule has 2 aliphatic rings. The number of carbonyl (C=O) groups is 3. The number of nitrogens with zero attached hydrogens (tertiary/aromatic N) is 18. The van der Waals surface area contributed by atoms with Gasteiger partial charge in [0.05, 0.1) is 102 Å². The van der Waals surface area contributed by atoms with Crippen molar-refractivity contribution >= 4 is 113 Å². The molecule has 3 amide bonds. The van der Waals surface area contributed by atoms with Gasteiger partial charge in [0.15, 0.2) is 16.9 Å². The lowest BCUT2D eigenvalue weighted by molar-refractivity contribution is -0.116. The number of hydrogen-bond donors (Lipinski definition) is 7. The van der Waals surface area contributed by atoms with Gasteiger partial charge in [-0.15, -0.1) is 0 Å². The molecule has 0 aliphatic carbocycles. The maximum absolute atomic E-state index is 12.6. The molecule has 0 radical (unpaired) electrons. The summed E-state index contributed by atoms with van der Waals surface area (Å²) in [4.78, 5) is 72.9. The van der Waals surface area contributed by atoms with Gasteiger partial charge in [0.2, 0.25) is 27.7 Å². The van der Waals surface area contributed by atoms with Crippen LogP contribution >= 0.6 is 0 Å². The summed E-state index contributed by atoms with van der Waals surface area (Å²) in [5.74, 6) is 3.46. The van der Waals surface area contributed by atoms with E-state index in [1.165, 1.54) is 19.0 Å². The van der Waals surface area contributed by atoms with Crippen molar-refractivity contribution in [2.24, 2.45) is 0 Å². The van der Waals surface area contributed by atoms with E-state index in [2.05, 4.69) is 93.0 Å². The lowest BCUT2D eigenvalue weighted by Gasteiger charge is -2.28. The second kappa shape index (κ2) is 34.5. The SMILES string of the molecule is CC(C)(C)c1cc(CC(=O)Nc2ccc(-n3nc(-c4ccc(N5CCOCC5)cc4)c4c(N)ncnc43)cc2)no1.CC(C)(C)c1cc(CC(=O)Nc2ccc(-n3nc(-c4ccc(N5CCOCC5)nc4)c4c(N)ncnc43)cc2)no1.CC(C)(C)c1cc(CC(=O)Nc2ccc(-n3nc(-c4ccc(NS(C)(=O)=O)cc4)c4c(N)ncnc43)cc2)no1. The Labute approximate surface area is 700 Å². The summed E-state index contributed by atoms with van der Waals surface area (Å²) in [5.41, 5.74) is 31.7. The van der Waals surface area contributed by atoms with Crippen LogP contribution in [0, 0.1) is 0 Å². The van der Waals surface area contributed by atoms with Gasteiger partial charge in [-0.3, -0.25) is 19.1 Å². The van der Waals surface area contributed by atoms with Gasteiger partial charge in [0, 0.05) is 112 Å². The number of nitrogens with one attached hydrogen (secondary N) is 4. The zero-order valence-electron chi connectivity index (χ0n) is 68.8. The van der Waals surface area contributed by atoms with Crippen LogP contribution in [0.25, 0.3) is 83.9 Å². The fraction of sp³-hybridized carbons (Fsp3) is 0.279. The van der Waals surface area contributed by atoms with Crippen LogP contribution in [0.4, 0.5) is 51.7 Å². The van der Waals surface area contributed by atoms with Crippen molar-refractivity contribution in [2.45, 2.75) is 97.8 Å². The van der Waals surface area contributed by atoms with E-state index in [1.807, 2.05) is 147 Å². The van der Waals surface area contributed by atoms with Gasteiger partial charge < -0.3 is 66.0 Å². The molecule has 10 N–H and O–H groups in total. The number of aromatic nitrogens is 16. The summed E-state index contributed by atoms with van der Waals surface area (Å²) < 4.78 is 57.7. The van der Waals surface area contributed by atoms with Crippen molar-refractivity contribution in [1.29, 1.82) is 0 Å². The predicted molar refractivity (Wildman–Crippen MR) is 464 cm³/mol. The van der Waals surface area contributed by atoms with E-state index in [1.54, 1.807) is 74.8 Å². The molecule has 35 nitrogen and oxygen atoms in total. The third-order valence-electron chi connectivity index (χ3n) is 19.9. The molecule has 0 bridgehead atoms. The molecule has 0 saturated carbocycles. The minimum Gasteiger partial charge on any atom is -0.383 e. The Kier molecular flexibility index (Phi) is 23.4. The van der Waals surface area contributed by atoms with Crippen molar-refractivity contribution in [2.75, 3.05) is 107 Å². The zero-order chi connectivity index (χ0) is 85.8. The first-order valence-electron chi connectivity index (χ1n) is 39.3. The van der Waals surface area contributed by atoms with E-state index in [9.17, 15) is 22.8 Å². The van der Waals surface area contributed by atoms with Crippen LogP contribution in [-0.4, -0.2) is 165 Å². The van der Waals surface area contributed by atoms with E-state index in [0.29, 0.717) is 126 Å². The Hall–Kier alpha value is -14.4. The smallest absolute Gasteiger partial charge is 0.230 e. The Morgan fingerprint density at radius 2 is 0.705 bits per heavy atom. The van der Waals surface area contributed by atoms with Crippen LogP contribution in [-0.2, 0) is 69.4 Å². The molecule has 17 rings (SSSR count). The number of hydrogen-bond acceptors (Lipinski definition) is 28. The Bertz CT molecular complexity index is 6140. The van der Waals surface area contributed by atoms with Crippen LogP contribution in [0.5, 0.6) is 0 Å². The van der Waals surface area contributed by atoms with Crippen LogP contribution in [0.2, 0.25) is 0 Å². The fourth-order valence-electron chi connectivity index (χ4n) is 13.6. The van der Waals surface area contributed by atoms with Crippen LogP contribution in [0.15, 0.2) is 190 Å². The van der Waals surface area contributed by atoms with Crippen molar-refractivity contribution in [3.63, 3.8) is 0 Å². The minimum atomic E-state index is -3.40. The summed E-state index contributed by atoms with van der Waals surface area (Å²) in [5, 5.41) is 37.2. The quantitative estimate of drug-likeness (QED) is 0.0395. The number of amides is 3. The minimum absolute atomic E-state index is 0.0865. The molecule has 626 valence electrons. The van der Waals surface area contributed by atoms with Gasteiger partial charge in [-0.25, -0.2) is 57.4 Å². The van der Waals surface area contributed by atoms with E-state index >= 15 is 0 Å². The van der Waals surface area contributed by atoms with Gasteiger partial charge in [0.25, 0.3) is 0 Å². The Morgan fingerprint density at radius 1 is 0.393 bits per heavy atom. The summed E-state index contributed by atoms with van der Waals surface area (Å²) in [6.45, 7) is 24.4. The maximum Gasteiger partial charge on any atom is 0.230 e. The maximum atomic E-state index is 12.6. The molecule has 2 aliphatic heterocycles. The molecule has 122 heavy (non-hydrogen) atoms. The number of morpholine rings is 2. The van der Waals surface area contributed by atoms with Gasteiger partial charge in [0.1, 0.15) is 76.6 Å². The molecule has 36 heteroatoms. The molecule has 0 spiro atoms. The lowest BCUT2D eigenvalue weighted by atomic mass is 9.93. The Morgan fingerprint density at radius 3 is 1.02 bits per heavy atom. The summed E-state index contributed by atoms with van der Waals surface area (Å²) in [7, 11) is -3.40. The first kappa shape index (κ1) is 82.7. The molecular formula is C86H91N25O10S. The van der Waals surface area contributed by atoms with E-state index in [4.69, 9.17) is 55.5 Å². The van der Waals surface area contributed by atoms with Crippen molar-refractivity contribution in [3.05, 3.63) is 211 Å². The number of fused-ring (bicyclic) bond motifs is 3. The number of carbonyl (C=O) groups excluding carboxylic acids is 3. The molecule has 10 aromatic heterocycles. The fourth-order valence-corrected chi connectivity index (χ4v) is 14.1. The summed E-state index contributed by atoms with van der Waals surface area (Å²) in [6.07, 6.45) is 7.42. The largest absolute Gasteiger partial charge is 0.383 e. The highest BCUT2D eigenvalue weighted by molar-refractivity contribution is 7.92. The highest BCUT2D eigenvalue weighted by atomic mass is 32.2. The Balaban J connectivity index is 0.000000142. The number of nitrogen functional groups attached to an aromatic ring is 3. The molecule has 0 unspecified atom stereocenters. The normalized spacial score (nSPS) is 13.3. The van der Waals surface area contributed by atoms with Crippen molar-refractivity contribution in [1.82, 2.24) is 79.7 Å². The van der Waals surface area contributed by atoms with Gasteiger partial charge in [-0.1, -0.05) is 102 Å². The lowest BCUT2D eigenvalue weighted by Crippen LogP contribution is -2.36. The molecule has 15 aromatic rings. The molecule has 2 saturated heterocycles. The number of sulfonamides is 1. The number of nitrogens with two attached hydrogens (primary N) is 3. The van der Waals surface area contributed by atoms with Gasteiger partial charge in [-0.05, 0) is 109 Å². The molecule has 12 heterocycles. The highest BCUT2D eigenvalue weighted by Crippen LogP contribution is 2.38. The van der Waals surface area contributed by atoms with Gasteiger partial charge in [-0.2, -0.15) is 15.3 Å². The van der Waals surface area contributed by atoms with E-state index < -0.39 is 10.0 Å². The highest BCUT2D eigenvalue weighted by Gasteiger charge is 2.28. The number of benzene rings is 5. The molecule has 2 fully saturated rings. The summed E-state index contributed by atoms with van der Waals surface area (Å²) >= 11 is 0. The number of anilines is 9. The number of ether oxygens (including phenoxy) is 2. The third-order valence-corrected chi connectivity index (χ3v) is 20.5. The van der Waals surface area contributed by atoms with Crippen LogP contribution < -0.4 is 47.7 Å². The van der Waals surface area contributed by atoms with E-state index in [0.717, 1.165) is 96.9 Å². The topological polar surface area (TPSA) is 458 Å². The average Bonchev–Trinajstić information content (AvgIpc) is 1.62. The standard InChI is InChI=1S/C30H32N8O3.C29H31N9O3.C27H28N8O4S/c1-30(2,3)24-16-21(36-41-24)17-25(39)34-20-6-10-23(11-7-20)38-29-26(28(31)32-18-33-29)27(35-38)19-4-8-22(9-5-19)37-12-14-40-15-13-37;1-29(2,3)22-14-20(36-41-22)15-24(39)34-19-5-7-21(8-6-19)38-28-25(27(30)32-17-33-28)26(35-38)18-4-9-23(31-16-18)37-10-12-40-13-11-37;1-27(2,3)21-13-19(33-39-21)14-22(36)31-17-9-11-20(12-10-17)35-26-23(25(28)29-15-30-26)24(32-35)16-5-7-18(8-6-16)34-40(4,37)38/h4-11,16,18H,12-15,17H2,1-3H3,(H,34,39)(H2,31,32,33);4-9,14,16-17H,10-13,15H2,1-3H3,(H,34,39)(H2,30,32,33);5-13,15,34H,14H2,1-4H3,(H,31,36)(H2,28,29,30). The second-order valence-corrected chi connectivity index (χ2v) is 34.1. The van der Waals surface area contributed by atoms with Crippen molar-refractivity contribution in [3.8, 4) is 50.8 Å². The second-order valence-electron chi connectivity index (χ2n) is 32.4. The third kappa shape index (κ3) is 19.2. The van der Waals surface area contributed by atoms with Crippen molar-refractivity contribution < 1.29 is 45.8 Å². The van der Waals surface area contributed by atoms with E-state index in [-0.39, 0.29) is 59.0 Å². The van der Waals surface area contributed by atoms with Crippen LogP contribution in [0.3, 0.4) is 0 Å². The number of rotatable bonds is 19.